The highest BCUT2D eigenvalue weighted by molar-refractivity contribution is 5.32. The fraction of sp³-hybridized carbons (Fsp3) is 0.478. The van der Waals surface area contributed by atoms with Gasteiger partial charge in [0, 0.05) is 51.2 Å². The van der Waals surface area contributed by atoms with Crippen LogP contribution in [0.2, 0.25) is 0 Å². The topological polar surface area (TPSA) is 9.72 Å². The van der Waals surface area contributed by atoms with Crippen molar-refractivity contribution in [2.24, 2.45) is 0 Å². The third-order valence-electron chi connectivity index (χ3n) is 6.15. The summed E-state index contributed by atoms with van der Waals surface area (Å²) in [5.41, 5.74) is 2.86. The zero-order chi connectivity index (χ0) is 17.8. The highest BCUT2D eigenvalue weighted by Crippen LogP contribution is 2.28. The molecule has 0 aromatic heterocycles. The number of likely N-dealkylation sites (tertiary alicyclic amines) is 1. The van der Waals surface area contributed by atoms with Gasteiger partial charge in [0.15, 0.2) is 0 Å². The number of hydrogen-bond donors (Lipinski definition) is 0. The molecule has 1 unspecified atom stereocenters. The zero-order valence-electron chi connectivity index (χ0n) is 15.9. The van der Waals surface area contributed by atoms with Crippen molar-refractivity contribution in [3.8, 4) is 0 Å². The van der Waals surface area contributed by atoms with Gasteiger partial charge in [-0.05, 0) is 31.1 Å². The minimum absolute atomic E-state index is 0.462. The number of hydrogen-bond acceptors (Lipinski definition) is 3. The summed E-state index contributed by atoms with van der Waals surface area (Å²) in [6.45, 7) is 8.47. The van der Waals surface area contributed by atoms with Crippen molar-refractivity contribution in [1.29, 1.82) is 0 Å². The fourth-order valence-electron chi connectivity index (χ4n) is 4.50. The van der Waals surface area contributed by atoms with E-state index in [0.717, 1.165) is 12.6 Å². The lowest BCUT2D eigenvalue weighted by Crippen LogP contribution is -2.49. The highest BCUT2D eigenvalue weighted by atomic mass is 15.3. The van der Waals surface area contributed by atoms with Crippen LogP contribution in [-0.4, -0.2) is 73.6 Å². The molecule has 4 rings (SSSR count). The first kappa shape index (κ1) is 17.7. The van der Waals surface area contributed by atoms with Crippen LogP contribution in [0.25, 0.3) is 0 Å². The van der Waals surface area contributed by atoms with Crippen molar-refractivity contribution < 1.29 is 0 Å². The molecule has 2 aromatic carbocycles. The Bertz CT molecular complexity index is 625. The molecule has 0 radical (unpaired) electrons. The summed E-state index contributed by atoms with van der Waals surface area (Å²) in [5.74, 6) is 0.462. The summed E-state index contributed by atoms with van der Waals surface area (Å²) in [4.78, 5) is 7.86. The van der Waals surface area contributed by atoms with E-state index in [4.69, 9.17) is 0 Å². The minimum Gasteiger partial charge on any atom is -0.304 e. The first-order chi connectivity index (χ1) is 12.8. The summed E-state index contributed by atoms with van der Waals surface area (Å²) in [5, 5.41) is 0. The Hall–Kier alpha value is -1.68. The van der Waals surface area contributed by atoms with Crippen LogP contribution in [0.1, 0.15) is 23.5 Å². The Kier molecular flexibility index (Phi) is 5.68. The molecule has 0 N–H and O–H groups in total. The molecule has 26 heavy (non-hydrogen) atoms. The van der Waals surface area contributed by atoms with Gasteiger partial charge in [-0.1, -0.05) is 60.7 Å². The predicted octanol–water partition coefficient (Wildman–Crippen LogP) is 3.14. The van der Waals surface area contributed by atoms with Crippen molar-refractivity contribution in [3.63, 3.8) is 0 Å². The average molecular weight is 350 g/mol. The molecule has 1 atom stereocenters. The summed E-state index contributed by atoms with van der Waals surface area (Å²) in [6, 6.07) is 22.8. The monoisotopic (exact) mass is 349 g/mol. The van der Waals surface area contributed by atoms with E-state index in [1.807, 2.05) is 0 Å². The van der Waals surface area contributed by atoms with Crippen LogP contribution in [-0.2, 0) is 0 Å². The van der Waals surface area contributed by atoms with Gasteiger partial charge in [-0.15, -0.1) is 0 Å². The van der Waals surface area contributed by atoms with E-state index < -0.39 is 0 Å². The third kappa shape index (κ3) is 4.17. The van der Waals surface area contributed by atoms with E-state index in [1.165, 1.54) is 56.8 Å². The molecular weight excluding hydrogens is 318 g/mol. The SMILES string of the molecule is CN1CCN(C2CCN(CC(c3ccccc3)c3ccccc3)C2)CC1. The van der Waals surface area contributed by atoms with E-state index in [2.05, 4.69) is 82.4 Å². The van der Waals surface area contributed by atoms with Gasteiger partial charge < -0.3 is 9.80 Å². The smallest absolute Gasteiger partial charge is 0.0236 e. The van der Waals surface area contributed by atoms with Gasteiger partial charge in [0.1, 0.15) is 0 Å². The molecule has 2 heterocycles. The molecule has 0 bridgehead atoms. The molecule has 2 aromatic rings. The van der Waals surface area contributed by atoms with Crippen molar-refractivity contribution in [2.75, 3.05) is 52.9 Å². The average Bonchev–Trinajstić information content (AvgIpc) is 3.17. The molecule has 2 fully saturated rings. The van der Waals surface area contributed by atoms with Gasteiger partial charge in [-0.2, -0.15) is 0 Å². The largest absolute Gasteiger partial charge is 0.304 e. The first-order valence-corrected chi connectivity index (χ1v) is 10.0. The Labute approximate surface area is 158 Å². The van der Waals surface area contributed by atoms with Gasteiger partial charge in [0.05, 0.1) is 0 Å². The zero-order valence-corrected chi connectivity index (χ0v) is 15.9. The first-order valence-electron chi connectivity index (χ1n) is 10.0. The lowest BCUT2D eigenvalue weighted by atomic mass is 9.91. The quantitative estimate of drug-likeness (QED) is 0.821. The molecule has 2 aliphatic heterocycles. The number of benzene rings is 2. The molecule has 3 nitrogen and oxygen atoms in total. The third-order valence-corrected chi connectivity index (χ3v) is 6.15. The van der Waals surface area contributed by atoms with Gasteiger partial charge in [0.2, 0.25) is 0 Å². The number of likely N-dealkylation sites (N-methyl/N-ethyl adjacent to an activating group) is 1. The number of rotatable bonds is 5. The second kappa shape index (κ2) is 8.34. The van der Waals surface area contributed by atoms with Crippen molar-refractivity contribution in [2.45, 2.75) is 18.4 Å². The molecule has 0 amide bonds. The molecular formula is C23H31N3. The second-order valence-electron chi connectivity index (χ2n) is 7.92. The Morgan fingerprint density at radius 2 is 1.38 bits per heavy atom. The minimum atomic E-state index is 0.462. The van der Waals surface area contributed by atoms with E-state index in [0.29, 0.717) is 5.92 Å². The fourth-order valence-corrected chi connectivity index (χ4v) is 4.50. The number of piperazine rings is 1. The molecule has 0 aliphatic carbocycles. The maximum atomic E-state index is 2.72. The van der Waals surface area contributed by atoms with Crippen molar-refractivity contribution in [1.82, 2.24) is 14.7 Å². The Balaban J connectivity index is 1.44. The standard InChI is InChI=1S/C23H31N3/c1-24-14-16-26(17-15-24)22-12-13-25(18-22)19-23(20-8-4-2-5-9-20)21-10-6-3-7-11-21/h2-11,22-23H,12-19H2,1H3. The molecule has 3 heteroatoms. The van der Waals surface area contributed by atoms with Crippen molar-refractivity contribution >= 4 is 0 Å². The summed E-state index contributed by atoms with van der Waals surface area (Å²) < 4.78 is 0. The summed E-state index contributed by atoms with van der Waals surface area (Å²) in [7, 11) is 2.24. The Morgan fingerprint density at radius 1 is 0.808 bits per heavy atom. The van der Waals surface area contributed by atoms with E-state index in [1.54, 1.807) is 0 Å². The van der Waals surface area contributed by atoms with Crippen molar-refractivity contribution in [3.05, 3.63) is 71.8 Å². The van der Waals surface area contributed by atoms with Gasteiger partial charge in [0.25, 0.3) is 0 Å². The van der Waals surface area contributed by atoms with Crippen LogP contribution in [0.15, 0.2) is 60.7 Å². The van der Waals surface area contributed by atoms with E-state index in [-0.39, 0.29) is 0 Å². The van der Waals surface area contributed by atoms with Gasteiger partial charge >= 0.3 is 0 Å². The maximum absolute atomic E-state index is 2.72. The van der Waals surface area contributed by atoms with Gasteiger partial charge in [-0.3, -0.25) is 4.90 Å². The van der Waals surface area contributed by atoms with Crippen LogP contribution in [0, 0.1) is 0 Å². The molecule has 0 saturated carbocycles. The normalized spacial score (nSPS) is 22.9. The molecule has 0 spiro atoms. The highest BCUT2D eigenvalue weighted by Gasteiger charge is 2.30. The molecule has 138 valence electrons. The number of nitrogens with zero attached hydrogens (tertiary/aromatic N) is 3. The molecule has 2 saturated heterocycles. The predicted molar refractivity (Wildman–Crippen MR) is 109 cm³/mol. The maximum Gasteiger partial charge on any atom is 0.0236 e. The van der Waals surface area contributed by atoms with Crippen LogP contribution < -0.4 is 0 Å². The summed E-state index contributed by atoms with van der Waals surface area (Å²) >= 11 is 0. The van der Waals surface area contributed by atoms with E-state index >= 15 is 0 Å². The van der Waals surface area contributed by atoms with Crippen LogP contribution in [0.5, 0.6) is 0 Å². The molecule has 2 aliphatic rings. The van der Waals surface area contributed by atoms with Crippen LogP contribution in [0.3, 0.4) is 0 Å². The lowest BCUT2D eigenvalue weighted by Gasteiger charge is -2.36. The Morgan fingerprint density at radius 3 is 1.96 bits per heavy atom. The van der Waals surface area contributed by atoms with Crippen LogP contribution >= 0.6 is 0 Å². The lowest BCUT2D eigenvalue weighted by molar-refractivity contribution is 0.113. The summed E-state index contributed by atoms with van der Waals surface area (Å²) in [6.07, 6.45) is 1.32. The van der Waals surface area contributed by atoms with Crippen LogP contribution in [0.4, 0.5) is 0 Å². The van der Waals surface area contributed by atoms with Gasteiger partial charge in [-0.25, -0.2) is 0 Å². The van der Waals surface area contributed by atoms with E-state index in [9.17, 15) is 0 Å². The second-order valence-corrected chi connectivity index (χ2v) is 7.92.